The number of hydrogen-bond acceptors (Lipinski definition) is 2. The van der Waals surface area contributed by atoms with Crippen LogP contribution in [0.3, 0.4) is 0 Å². The summed E-state index contributed by atoms with van der Waals surface area (Å²) < 4.78 is 5.82. The highest BCUT2D eigenvalue weighted by Crippen LogP contribution is 2.18. The van der Waals surface area contributed by atoms with Crippen molar-refractivity contribution >= 4 is 5.97 Å². The van der Waals surface area contributed by atoms with Crippen molar-refractivity contribution in [1.82, 2.24) is 0 Å². The van der Waals surface area contributed by atoms with Crippen molar-refractivity contribution in [3.05, 3.63) is 12.7 Å². The Morgan fingerprint density at radius 3 is 1.77 bits per heavy atom. The summed E-state index contributed by atoms with van der Waals surface area (Å²) in [6, 6.07) is 0. The Labute approximate surface area is 164 Å². The molecule has 0 radical (unpaired) electrons. The van der Waals surface area contributed by atoms with E-state index < -0.39 is 0 Å². The molecule has 0 aromatic heterocycles. The largest absolute Gasteiger partial charge is 0.462 e. The Balaban J connectivity index is 4.00. The second-order valence-electron chi connectivity index (χ2n) is 7.76. The van der Waals surface area contributed by atoms with Crippen LogP contribution >= 0.6 is 0 Å². The number of ether oxygens (including phenoxy) is 1. The van der Waals surface area contributed by atoms with Crippen molar-refractivity contribution in [2.45, 2.75) is 136 Å². The molecule has 0 aliphatic rings. The average molecular weight is 367 g/mol. The smallest absolute Gasteiger partial charge is 0.306 e. The third kappa shape index (κ3) is 18.0. The van der Waals surface area contributed by atoms with E-state index in [1.165, 1.54) is 77.0 Å². The molecule has 0 aromatic rings. The van der Waals surface area contributed by atoms with Crippen molar-refractivity contribution in [2.24, 2.45) is 0 Å². The first-order valence-corrected chi connectivity index (χ1v) is 11.5. The number of rotatable bonds is 20. The zero-order chi connectivity index (χ0) is 19.3. The molecule has 0 fully saturated rings. The summed E-state index contributed by atoms with van der Waals surface area (Å²) in [6.07, 6.45) is 23.3. The molecule has 0 spiro atoms. The van der Waals surface area contributed by atoms with Gasteiger partial charge in [0.05, 0.1) is 0 Å². The van der Waals surface area contributed by atoms with Crippen LogP contribution in [-0.2, 0) is 9.53 Å². The fourth-order valence-electron chi connectivity index (χ4n) is 3.37. The zero-order valence-corrected chi connectivity index (χ0v) is 17.9. The van der Waals surface area contributed by atoms with Gasteiger partial charge in [0.1, 0.15) is 6.10 Å². The van der Waals surface area contributed by atoms with Crippen LogP contribution in [0.1, 0.15) is 129 Å². The van der Waals surface area contributed by atoms with E-state index in [4.69, 9.17) is 4.74 Å². The Morgan fingerprint density at radius 1 is 0.769 bits per heavy atom. The molecular weight excluding hydrogens is 320 g/mol. The van der Waals surface area contributed by atoms with Crippen LogP contribution < -0.4 is 0 Å². The summed E-state index contributed by atoms with van der Waals surface area (Å²) in [5.41, 5.74) is 0. The Bertz CT molecular complexity index is 295. The van der Waals surface area contributed by atoms with Crippen LogP contribution in [-0.4, -0.2) is 12.1 Å². The molecule has 0 bridgehead atoms. The summed E-state index contributed by atoms with van der Waals surface area (Å²) in [6.45, 7) is 8.24. The third-order valence-corrected chi connectivity index (χ3v) is 5.10. The number of esters is 1. The first-order chi connectivity index (χ1) is 12.7. The quantitative estimate of drug-likeness (QED) is 0.123. The van der Waals surface area contributed by atoms with Crippen LogP contribution in [0.4, 0.5) is 0 Å². The predicted octanol–water partition coefficient (Wildman–Crippen LogP) is 8.15. The lowest BCUT2D eigenvalue weighted by Crippen LogP contribution is -2.18. The second-order valence-corrected chi connectivity index (χ2v) is 7.76. The summed E-state index contributed by atoms with van der Waals surface area (Å²) in [4.78, 5) is 12.1. The highest BCUT2D eigenvalue weighted by molar-refractivity contribution is 5.69. The first-order valence-electron chi connectivity index (χ1n) is 11.5. The van der Waals surface area contributed by atoms with Crippen molar-refractivity contribution < 1.29 is 9.53 Å². The maximum atomic E-state index is 12.1. The van der Waals surface area contributed by atoms with E-state index in [0.29, 0.717) is 6.42 Å². The summed E-state index contributed by atoms with van der Waals surface area (Å²) >= 11 is 0. The first kappa shape index (κ1) is 25.2. The molecule has 0 aromatic carbocycles. The number of hydrogen-bond donors (Lipinski definition) is 0. The fourth-order valence-corrected chi connectivity index (χ4v) is 3.37. The topological polar surface area (TPSA) is 26.3 Å². The number of carbonyl (C=O) groups is 1. The molecule has 0 atom stereocenters. The fraction of sp³-hybridized carbons (Fsp3) is 0.875. The molecule has 26 heavy (non-hydrogen) atoms. The molecule has 0 N–H and O–H groups in total. The van der Waals surface area contributed by atoms with Gasteiger partial charge in [-0.3, -0.25) is 4.79 Å². The molecule has 0 saturated heterocycles. The van der Waals surface area contributed by atoms with Gasteiger partial charge in [-0.15, -0.1) is 6.58 Å². The molecule has 2 nitrogen and oxygen atoms in total. The summed E-state index contributed by atoms with van der Waals surface area (Å²) in [7, 11) is 0. The van der Waals surface area contributed by atoms with Crippen LogP contribution in [0.2, 0.25) is 0 Å². The van der Waals surface area contributed by atoms with Crippen LogP contribution in [0.15, 0.2) is 12.7 Å². The van der Waals surface area contributed by atoms with Gasteiger partial charge >= 0.3 is 5.97 Å². The maximum Gasteiger partial charge on any atom is 0.306 e. The Kier molecular flexibility index (Phi) is 19.9. The molecule has 0 saturated carbocycles. The SMILES string of the molecule is C=CCCCCC(=O)OC(CCCCCCCC)CCCCCCCC. The van der Waals surface area contributed by atoms with Gasteiger partial charge in [-0.2, -0.15) is 0 Å². The van der Waals surface area contributed by atoms with Gasteiger partial charge in [0, 0.05) is 6.42 Å². The van der Waals surface area contributed by atoms with Crippen molar-refractivity contribution in [2.75, 3.05) is 0 Å². The molecule has 154 valence electrons. The number of unbranched alkanes of at least 4 members (excludes halogenated alkanes) is 12. The highest BCUT2D eigenvalue weighted by Gasteiger charge is 2.14. The molecule has 0 unspecified atom stereocenters. The van der Waals surface area contributed by atoms with E-state index in [2.05, 4.69) is 20.4 Å². The second kappa shape index (κ2) is 20.5. The molecular formula is C24H46O2. The van der Waals surface area contributed by atoms with Gasteiger partial charge < -0.3 is 4.74 Å². The van der Waals surface area contributed by atoms with Gasteiger partial charge in [-0.25, -0.2) is 0 Å². The van der Waals surface area contributed by atoms with Crippen molar-refractivity contribution in [3.8, 4) is 0 Å². The number of carbonyl (C=O) groups excluding carboxylic acids is 1. The minimum absolute atomic E-state index is 0.0102. The lowest BCUT2D eigenvalue weighted by Gasteiger charge is -2.18. The van der Waals surface area contributed by atoms with E-state index >= 15 is 0 Å². The molecule has 0 aliphatic heterocycles. The third-order valence-electron chi connectivity index (χ3n) is 5.10. The molecule has 2 heteroatoms. The lowest BCUT2D eigenvalue weighted by molar-refractivity contribution is -0.150. The zero-order valence-electron chi connectivity index (χ0n) is 17.9. The van der Waals surface area contributed by atoms with Crippen molar-refractivity contribution in [3.63, 3.8) is 0 Å². The normalized spacial score (nSPS) is 11.0. The van der Waals surface area contributed by atoms with Gasteiger partial charge in [-0.05, 0) is 44.9 Å². The van der Waals surface area contributed by atoms with Gasteiger partial charge in [0.25, 0.3) is 0 Å². The van der Waals surface area contributed by atoms with Gasteiger partial charge in [0.2, 0.25) is 0 Å². The summed E-state index contributed by atoms with van der Waals surface area (Å²) in [5, 5.41) is 0. The average Bonchev–Trinajstić information content (AvgIpc) is 2.64. The molecule has 0 amide bonds. The minimum atomic E-state index is 0.0102. The molecule has 0 rings (SSSR count). The summed E-state index contributed by atoms with van der Waals surface area (Å²) in [5.74, 6) is 0.0102. The van der Waals surface area contributed by atoms with Crippen molar-refractivity contribution in [1.29, 1.82) is 0 Å². The minimum Gasteiger partial charge on any atom is -0.462 e. The molecule has 0 heterocycles. The van der Waals surface area contributed by atoms with Crippen LogP contribution in [0.5, 0.6) is 0 Å². The molecule has 0 aliphatic carbocycles. The Hall–Kier alpha value is -0.790. The van der Waals surface area contributed by atoms with E-state index in [-0.39, 0.29) is 12.1 Å². The highest BCUT2D eigenvalue weighted by atomic mass is 16.5. The maximum absolute atomic E-state index is 12.1. The predicted molar refractivity (Wildman–Crippen MR) is 115 cm³/mol. The van der Waals surface area contributed by atoms with E-state index in [0.717, 1.165) is 32.1 Å². The van der Waals surface area contributed by atoms with Gasteiger partial charge in [-0.1, -0.05) is 84.1 Å². The van der Waals surface area contributed by atoms with Crippen LogP contribution in [0.25, 0.3) is 0 Å². The van der Waals surface area contributed by atoms with Gasteiger partial charge in [0.15, 0.2) is 0 Å². The van der Waals surface area contributed by atoms with Crippen LogP contribution in [0, 0.1) is 0 Å². The standard InChI is InChI=1S/C24H46O2/c1-4-7-10-13-15-17-20-23(21-18-16-14-11-8-5-2)26-24(25)22-19-12-9-6-3/h6,23H,3-5,7-22H2,1-2H3. The number of allylic oxidation sites excluding steroid dienone is 1. The van der Waals surface area contributed by atoms with E-state index in [1.807, 2.05) is 6.08 Å². The van der Waals surface area contributed by atoms with E-state index in [9.17, 15) is 4.79 Å². The monoisotopic (exact) mass is 366 g/mol. The van der Waals surface area contributed by atoms with E-state index in [1.54, 1.807) is 0 Å². The lowest BCUT2D eigenvalue weighted by atomic mass is 10.0. The Morgan fingerprint density at radius 2 is 1.27 bits per heavy atom.